The Kier molecular flexibility index (Phi) is 4.79. The van der Waals surface area contributed by atoms with Gasteiger partial charge in [0.2, 0.25) is 5.91 Å². The Morgan fingerprint density at radius 3 is 2.85 bits per heavy atom. The lowest BCUT2D eigenvalue weighted by atomic mass is 10.2. The Bertz CT molecular complexity index is 588. The molecule has 1 atom stereocenters. The van der Waals surface area contributed by atoms with Gasteiger partial charge in [-0.1, -0.05) is 25.1 Å². The zero-order chi connectivity index (χ0) is 14.5. The maximum Gasteiger partial charge on any atom is 0.236 e. The van der Waals surface area contributed by atoms with Crippen molar-refractivity contribution in [3.63, 3.8) is 0 Å². The smallest absolute Gasteiger partial charge is 0.236 e. The van der Waals surface area contributed by atoms with E-state index < -0.39 is 0 Å². The van der Waals surface area contributed by atoms with Gasteiger partial charge in [-0.2, -0.15) is 0 Å². The minimum absolute atomic E-state index is 0.0513. The summed E-state index contributed by atoms with van der Waals surface area (Å²) in [5, 5.41) is 4.15. The number of nitrogens with zero attached hydrogens (tertiary/aromatic N) is 1. The van der Waals surface area contributed by atoms with Crippen LogP contribution >= 0.6 is 0 Å². The van der Waals surface area contributed by atoms with Crippen LogP contribution in [-0.4, -0.2) is 23.1 Å². The van der Waals surface area contributed by atoms with Crippen molar-refractivity contribution in [1.29, 1.82) is 0 Å². The first kappa shape index (κ1) is 14.6. The third-order valence-electron chi connectivity index (χ3n) is 3.74. The zero-order valence-corrected chi connectivity index (χ0v) is 12.2. The number of carbonyl (C=O) groups is 1. The molecule has 0 radical (unpaired) electrons. The van der Waals surface area contributed by atoms with Crippen LogP contribution < -0.4 is 11.1 Å². The van der Waals surface area contributed by atoms with Gasteiger partial charge in [0.05, 0.1) is 6.04 Å². The maximum absolute atomic E-state index is 11.6. The van der Waals surface area contributed by atoms with Crippen molar-refractivity contribution in [3.8, 4) is 0 Å². The van der Waals surface area contributed by atoms with Gasteiger partial charge in [0.25, 0.3) is 0 Å². The van der Waals surface area contributed by atoms with E-state index in [9.17, 15) is 4.79 Å². The number of amides is 1. The number of aryl methyl sites for hydroxylation is 2. The maximum atomic E-state index is 11.6. The summed E-state index contributed by atoms with van der Waals surface area (Å²) in [6, 6.07) is 10.2. The van der Waals surface area contributed by atoms with Crippen LogP contribution in [0.3, 0.4) is 0 Å². The molecule has 0 aliphatic rings. The number of fused-ring (bicyclic) bond motifs is 1. The molecule has 0 aliphatic heterocycles. The van der Waals surface area contributed by atoms with E-state index in [1.165, 1.54) is 16.6 Å². The molecule has 4 nitrogen and oxygen atoms in total. The molecule has 1 amide bonds. The van der Waals surface area contributed by atoms with E-state index in [0.29, 0.717) is 13.0 Å². The molecule has 0 bridgehead atoms. The first-order chi connectivity index (χ1) is 9.63. The Morgan fingerprint density at radius 2 is 2.15 bits per heavy atom. The number of benzene rings is 1. The highest BCUT2D eigenvalue weighted by molar-refractivity contribution is 5.81. The second-order valence-corrected chi connectivity index (χ2v) is 5.16. The van der Waals surface area contributed by atoms with Crippen LogP contribution in [0.1, 0.15) is 25.5 Å². The summed E-state index contributed by atoms with van der Waals surface area (Å²) in [6.07, 6.45) is 2.55. The van der Waals surface area contributed by atoms with Gasteiger partial charge in [0.15, 0.2) is 0 Å². The SMILES string of the molecule is CC[C@H](N)C(=O)NCCCc1cc2ccccc2n1C. The summed E-state index contributed by atoms with van der Waals surface area (Å²) < 4.78 is 2.22. The number of hydrogen-bond donors (Lipinski definition) is 2. The van der Waals surface area contributed by atoms with Crippen molar-refractivity contribution >= 4 is 16.8 Å². The Balaban J connectivity index is 1.87. The topological polar surface area (TPSA) is 60.1 Å². The molecule has 0 spiro atoms. The monoisotopic (exact) mass is 273 g/mol. The number of rotatable bonds is 6. The standard InChI is InChI=1S/C16H23N3O/c1-3-14(17)16(20)18-10-6-8-13-11-12-7-4-5-9-15(12)19(13)2/h4-5,7,9,11,14H,3,6,8,10,17H2,1-2H3,(H,18,20)/t14-/m0/s1. The van der Waals surface area contributed by atoms with Crippen molar-refractivity contribution in [2.75, 3.05) is 6.54 Å². The number of nitrogens with one attached hydrogen (secondary N) is 1. The zero-order valence-electron chi connectivity index (χ0n) is 12.2. The van der Waals surface area contributed by atoms with E-state index in [4.69, 9.17) is 5.73 Å². The van der Waals surface area contributed by atoms with Crippen molar-refractivity contribution in [1.82, 2.24) is 9.88 Å². The minimum Gasteiger partial charge on any atom is -0.355 e. The molecular weight excluding hydrogens is 250 g/mol. The van der Waals surface area contributed by atoms with Crippen LogP contribution in [0, 0.1) is 0 Å². The summed E-state index contributed by atoms with van der Waals surface area (Å²) in [7, 11) is 2.09. The van der Waals surface area contributed by atoms with Crippen molar-refractivity contribution in [3.05, 3.63) is 36.0 Å². The molecular formula is C16H23N3O. The van der Waals surface area contributed by atoms with Crippen LogP contribution in [0.5, 0.6) is 0 Å². The van der Waals surface area contributed by atoms with Gasteiger partial charge >= 0.3 is 0 Å². The predicted octanol–water partition coefficient (Wildman–Crippen LogP) is 1.96. The van der Waals surface area contributed by atoms with Gasteiger partial charge in [-0.25, -0.2) is 0 Å². The number of hydrogen-bond acceptors (Lipinski definition) is 2. The molecule has 108 valence electrons. The average molecular weight is 273 g/mol. The lowest BCUT2D eigenvalue weighted by molar-refractivity contribution is -0.122. The average Bonchev–Trinajstić information content (AvgIpc) is 2.79. The van der Waals surface area contributed by atoms with Crippen molar-refractivity contribution < 1.29 is 4.79 Å². The van der Waals surface area contributed by atoms with Gasteiger partial charge in [-0.05, 0) is 36.8 Å². The lowest BCUT2D eigenvalue weighted by Crippen LogP contribution is -2.40. The molecule has 0 unspecified atom stereocenters. The quantitative estimate of drug-likeness (QED) is 0.790. The number of aromatic nitrogens is 1. The predicted molar refractivity (Wildman–Crippen MR) is 82.5 cm³/mol. The lowest BCUT2D eigenvalue weighted by Gasteiger charge is -2.10. The van der Waals surface area contributed by atoms with E-state index in [0.717, 1.165) is 12.8 Å². The van der Waals surface area contributed by atoms with Crippen LogP contribution in [0.4, 0.5) is 0 Å². The number of carbonyl (C=O) groups excluding carboxylic acids is 1. The van der Waals surface area contributed by atoms with Crippen molar-refractivity contribution in [2.24, 2.45) is 12.8 Å². The summed E-state index contributed by atoms with van der Waals surface area (Å²) in [4.78, 5) is 11.6. The van der Waals surface area contributed by atoms with E-state index in [2.05, 4.69) is 47.3 Å². The highest BCUT2D eigenvalue weighted by Crippen LogP contribution is 2.19. The summed E-state index contributed by atoms with van der Waals surface area (Å²) in [5.41, 5.74) is 8.21. The third kappa shape index (κ3) is 3.20. The normalized spacial score (nSPS) is 12.6. The Hall–Kier alpha value is -1.81. The minimum atomic E-state index is -0.382. The van der Waals surface area contributed by atoms with Gasteiger partial charge in [-0.3, -0.25) is 4.79 Å². The van der Waals surface area contributed by atoms with E-state index >= 15 is 0 Å². The second kappa shape index (κ2) is 6.57. The third-order valence-corrected chi connectivity index (χ3v) is 3.74. The Labute approximate surface area is 120 Å². The van der Waals surface area contributed by atoms with Crippen LogP contribution in [0.2, 0.25) is 0 Å². The Morgan fingerprint density at radius 1 is 1.40 bits per heavy atom. The highest BCUT2D eigenvalue weighted by atomic mass is 16.2. The molecule has 20 heavy (non-hydrogen) atoms. The molecule has 0 aliphatic carbocycles. The number of nitrogens with two attached hydrogens (primary N) is 1. The summed E-state index contributed by atoms with van der Waals surface area (Å²) in [5.74, 6) is -0.0513. The molecule has 0 saturated heterocycles. The largest absolute Gasteiger partial charge is 0.355 e. The van der Waals surface area contributed by atoms with Gasteiger partial charge in [-0.15, -0.1) is 0 Å². The van der Waals surface area contributed by atoms with E-state index in [1.807, 2.05) is 6.92 Å². The van der Waals surface area contributed by atoms with Crippen LogP contribution in [0.15, 0.2) is 30.3 Å². The highest BCUT2D eigenvalue weighted by Gasteiger charge is 2.10. The van der Waals surface area contributed by atoms with Gasteiger partial charge in [0.1, 0.15) is 0 Å². The molecule has 1 heterocycles. The molecule has 0 saturated carbocycles. The fourth-order valence-corrected chi connectivity index (χ4v) is 2.38. The fourth-order valence-electron chi connectivity index (χ4n) is 2.38. The molecule has 1 aromatic carbocycles. The molecule has 2 rings (SSSR count). The molecule has 3 N–H and O–H groups in total. The fraction of sp³-hybridized carbons (Fsp3) is 0.438. The van der Waals surface area contributed by atoms with Crippen molar-refractivity contribution in [2.45, 2.75) is 32.2 Å². The summed E-state index contributed by atoms with van der Waals surface area (Å²) >= 11 is 0. The molecule has 2 aromatic rings. The van der Waals surface area contributed by atoms with Crippen LogP contribution in [-0.2, 0) is 18.3 Å². The van der Waals surface area contributed by atoms with E-state index in [1.54, 1.807) is 0 Å². The number of para-hydroxylation sites is 1. The van der Waals surface area contributed by atoms with Gasteiger partial charge in [0, 0.05) is 24.8 Å². The first-order valence-electron chi connectivity index (χ1n) is 7.20. The van der Waals surface area contributed by atoms with Crippen LogP contribution in [0.25, 0.3) is 10.9 Å². The molecule has 4 heteroatoms. The second-order valence-electron chi connectivity index (χ2n) is 5.16. The molecule has 0 fully saturated rings. The first-order valence-corrected chi connectivity index (χ1v) is 7.20. The van der Waals surface area contributed by atoms with E-state index in [-0.39, 0.29) is 11.9 Å². The summed E-state index contributed by atoms with van der Waals surface area (Å²) in [6.45, 7) is 2.59. The molecule has 1 aromatic heterocycles. The van der Waals surface area contributed by atoms with Gasteiger partial charge < -0.3 is 15.6 Å².